The maximum absolute atomic E-state index is 11.7. The van der Waals surface area contributed by atoms with Crippen LogP contribution in [0.1, 0.15) is 103 Å². The zero-order chi connectivity index (χ0) is 23.0. The molecule has 31 heavy (non-hydrogen) atoms. The number of allylic oxidation sites excluding steroid dienone is 4. The molecule has 6 heteroatoms. The molecule has 0 aromatic carbocycles. The molecule has 0 rings (SSSR count). The zero-order valence-electron chi connectivity index (χ0n) is 19.4. The number of ether oxygens (including phenoxy) is 1. The SMILES string of the molecule is CCCCC/C=C\C/C=C\CCCCCCCC(=O)OCCNC(=O)CCCC(=O)O. The second kappa shape index (κ2) is 22.6. The van der Waals surface area contributed by atoms with Gasteiger partial charge in [0.2, 0.25) is 5.91 Å². The molecule has 1 amide bonds. The molecule has 0 unspecified atom stereocenters. The van der Waals surface area contributed by atoms with E-state index in [1.54, 1.807) is 0 Å². The summed E-state index contributed by atoms with van der Waals surface area (Å²) in [5, 5.41) is 11.1. The Hall–Kier alpha value is -2.11. The van der Waals surface area contributed by atoms with Crippen molar-refractivity contribution in [3.63, 3.8) is 0 Å². The Labute approximate surface area is 188 Å². The van der Waals surface area contributed by atoms with Gasteiger partial charge in [-0.25, -0.2) is 0 Å². The number of hydrogen-bond donors (Lipinski definition) is 2. The first-order valence-electron chi connectivity index (χ1n) is 12.0. The molecule has 0 saturated carbocycles. The predicted octanol–water partition coefficient (Wildman–Crippen LogP) is 5.71. The highest BCUT2D eigenvalue weighted by Gasteiger charge is 2.05. The fourth-order valence-corrected chi connectivity index (χ4v) is 3.00. The van der Waals surface area contributed by atoms with E-state index in [9.17, 15) is 14.4 Å². The van der Waals surface area contributed by atoms with E-state index in [0.29, 0.717) is 12.8 Å². The number of carboxylic acid groups (broad SMARTS) is 1. The van der Waals surface area contributed by atoms with Crippen molar-refractivity contribution in [2.45, 2.75) is 103 Å². The van der Waals surface area contributed by atoms with Gasteiger partial charge in [-0.05, 0) is 44.9 Å². The summed E-state index contributed by atoms with van der Waals surface area (Å²) in [6.45, 7) is 2.65. The minimum atomic E-state index is -0.907. The van der Waals surface area contributed by atoms with E-state index in [1.807, 2.05) is 0 Å². The summed E-state index contributed by atoms with van der Waals surface area (Å²) in [6, 6.07) is 0. The summed E-state index contributed by atoms with van der Waals surface area (Å²) in [7, 11) is 0. The fraction of sp³-hybridized carbons (Fsp3) is 0.720. The molecule has 0 atom stereocenters. The van der Waals surface area contributed by atoms with E-state index in [2.05, 4.69) is 36.5 Å². The number of carbonyl (C=O) groups is 3. The Morgan fingerprint density at radius 1 is 0.774 bits per heavy atom. The minimum absolute atomic E-state index is 0.0179. The molecule has 0 saturated heterocycles. The third kappa shape index (κ3) is 24.0. The van der Waals surface area contributed by atoms with Crippen LogP contribution in [0.3, 0.4) is 0 Å². The number of carbonyl (C=O) groups excluding carboxylic acids is 2. The van der Waals surface area contributed by atoms with Gasteiger partial charge in [-0.1, -0.05) is 63.3 Å². The second-order valence-electron chi connectivity index (χ2n) is 7.80. The van der Waals surface area contributed by atoms with Gasteiger partial charge < -0.3 is 15.2 Å². The third-order valence-electron chi connectivity index (χ3n) is 4.81. The van der Waals surface area contributed by atoms with Crippen molar-refractivity contribution in [3.05, 3.63) is 24.3 Å². The van der Waals surface area contributed by atoms with Crippen LogP contribution in [0, 0.1) is 0 Å². The van der Waals surface area contributed by atoms with Crippen LogP contribution in [0.2, 0.25) is 0 Å². The highest BCUT2D eigenvalue weighted by molar-refractivity contribution is 5.76. The van der Waals surface area contributed by atoms with Gasteiger partial charge in [0.05, 0.1) is 6.54 Å². The van der Waals surface area contributed by atoms with Crippen LogP contribution in [0.4, 0.5) is 0 Å². The number of hydrogen-bond acceptors (Lipinski definition) is 4. The van der Waals surface area contributed by atoms with E-state index in [0.717, 1.165) is 32.1 Å². The topological polar surface area (TPSA) is 92.7 Å². The van der Waals surface area contributed by atoms with Gasteiger partial charge in [0.1, 0.15) is 6.61 Å². The van der Waals surface area contributed by atoms with Crippen LogP contribution < -0.4 is 5.32 Å². The molecule has 0 fully saturated rings. The van der Waals surface area contributed by atoms with E-state index in [-0.39, 0.29) is 37.9 Å². The van der Waals surface area contributed by atoms with Gasteiger partial charge in [0, 0.05) is 19.3 Å². The van der Waals surface area contributed by atoms with Gasteiger partial charge in [-0.2, -0.15) is 0 Å². The lowest BCUT2D eigenvalue weighted by Gasteiger charge is -2.06. The van der Waals surface area contributed by atoms with Crippen molar-refractivity contribution in [1.29, 1.82) is 0 Å². The molecule has 0 aliphatic rings. The average Bonchev–Trinajstić information content (AvgIpc) is 2.73. The summed E-state index contributed by atoms with van der Waals surface area (Å²) in [5.41, 5.74) is 0. The first-order chi connectivity index (χ1) is 15.1. The van der Waals surface area contributed by atoms with Gasteiger partial charge in [-0.15, -0.1) is 0 Å². The number of nitrogens with one attached hydrogen (secondary N) is 1. The highest BCUT2D eigenvalue weighted by Crippen LogP contribution is 2.08. The Bertz CT molecular complexity index is 528. The van der Waals surface area contributed by atoms with Gasteiger partial charge >= 0.3 is 11.9 Å². The largest absolute Gasteiger partial charge is 0.481 e. The monoisotopic (exact) mass is 437 g/mol. The zero-order valence-corrected chi connectivity index (χ0v) is 19.4. The highest BCUT2D eigenvalue weighted by atomic mass is 16.5. The maximum Gasteiger partial charge on any atom is 0.305 e. The third-order valence-corrected chi connectivity index (χ3v) is 4.81. The normalized spacial score (nSPS) is 11.3. The molecule has 178 valence electrons. The van der Waals surface area contributed by atoms with E-state index < -0.39 is 5.97 Å². The minimum Gasteiger partial charge on any atom is -0.481 e. The summed E-state index contributed by atoms with van der Waals surface area (Å²) >= 11 is 0. The van der Waals surface area contributed by atoms with Crippen molar-refractivity contribution in [2.24, 2.45) is 0 Å². The standard InChI is InChI=1S/C25H43NO5/c1-2-3-4-5-6-7-8-9-10-11-12-13-14-15-16-20-25(30)31-22-21-26-23(27)18-17-19-24(28)29/h6-7,9-10H,2-5,8,11-22H2,1H3,(H,26,27)(H,28,29)/b7-6-,10-9-. The number of unbranched alkanes of at least 4 members (excludes halogenated alkanes) is 8. The van der Waals surface area contributed by atoms with Crippen molar-refractivity contribution in [2.75, 3.05) is 13.2 Å². The lowest BCUT2D eigenvalue weighted by Crippen LogP contribution is -2.27. The summed E-state index contributed by atoms with van der Waals surface area (Å²) in [5.74, 6) is -1.35. The number of rotatable bonds is 21. The summed E-state index contributed by atoms with van der Waals surface area (Å²) < 4.78 is 5.09. The molecule has 0 aromatic heterocycles. The lowest BCUT2D eigenvalue weighted by atomic mass is 10.1. The maximum atomic E-state index is 11.7. The van der Waals surface area contributed by atoms with E-state index in [1.165, 1.54) is 38.5 Å². The summed E-state index contributed by atoms with van der Waals surface area (Å²) in [4.78, 5) is 33.5. The van der Waals surface area contributed by atoms with Crippen LogP contribution >= 0.6 is 0 Å². The average molecular weight is 438 g/mol. The Morgan fingerprint density at radius 2 is 1.42 bits per heavy atom. The van der Waals surface area contributed by atoms with Crippen molar-refractivity contribution in [1.82, 2.24) is 5.32 Å². The molecular formula is C25H43NO5. The quantitative estimate of drug-likeness (QED) is 0.136. The Kier molecular flexibility index (Phi) is 21.0. The fourth-order valence-electron chi connectivity index (χ4n) is 3.00. The summed E-state index contributed by atoms with van der Waals surface area (Å²) in [6.07, 6.45) is 22.5. The number of carboxylic acids is 1. The van der Waals surface area contributed by atoms with Crippen LogP contribution in [-0.2, 0) is 19.1 Å². The Balaban J connectivity index is 3.38. The molecule has 2 N–H and O–H groups in total. The van der Waals surface area contributed by atoms with Gasteiger partial charge in [-0.3, -0.25) is 14.4 Å². The van der Waals surface area contributed by atoms with Crippen molar-refractivity contribution >= 4 is 17.8 Å². The van der Waals surface area contributed by atoms with E-state index >= 15 is 0 Å². The van der Waals surface area contributed by atoms with Crippen LogP contribution in [0.15, 0.2) is 24.3 Å². The Morgan fingerprint density at radius 3 is 2.10 bits per heavy atom. The molecule has 0 radical (unpaired) electrons. The second-order valence-corrected chi connectivity index (χ2v) is 7.80. The number of aliphatic carboxylic acids is 1. The van der Waals surface area contributed by atoms with E-state index in [4.69, 9.17) is 9.84 Å². The van der Waals surface area contributed by atoms with Crippen LogP contribution in [-0.4, -0.2) is 36.1 Å². The van der Waals surface area contributed by atoms with Crippen molar-refractivity contribution < 1.29 is 24.2 Å². The predicted molar refractivity (Wildman–Crippen MR) is 125 cm³/mol. The molecule has 0 spiro atoms. The molecule has 0 aromatic rings. The number of esters is 1. The smallest absolute Gasteiger partial charge is 0.305 e. The molecule has 6 nitrogen and oxygen atoms in total. The number of amides is 1. The van der Waals surface area contributed by atoms with Gasteiger partial charge in [0.15, 0.2) is 0 Å². The molecular weight excluding hydrogens is 394 g/mol. The molecule has 0 bridgehead atoms. The molecule has 0 aliphatic carbocycles. The first kappa shape index (κ1) is 28.9. The molecule has 0 heterocycles. The van der Waals surface area contributed by atoms with Gasteiger partial charge in [0.25, 0.3) is 0 Å². The molecule has 0 aliphatic heterocycles. The lowest BCUT2D eigenvalue weighted by molar-refractivity contribution is -0.144. The van der Waals surface area contributed by atoms with Crippen LogP contribution in [0.5, 0.6) is 0 Å². The van der Waals surface area contributed by atoms with Crippen molar-refractivity contribution in [3.8, 4) is 0 Å². The van der Waals surface area contributed by atoms with Crippen LogP contribution in [0.25, 0.3) is 0 Å². The first-order valence-corrected chi connectivity index (χ1v) is 12.0.